The number of hydrogen-bond acceptors (Lipinski definition) is 5. The van der Waals surface area contributed by atoms with Gasteiger partial charge in [-0.15, -0.1) is 0 Å². The molecule has 0 atom stereocenters. The zero-order chi connectivity index (χ0) is 21.1. The Bertz CT molecular complexity index is 707. The second kappa shape index (κ2) is 11.9. The van der Waals surface area contributed by atoms with Crippen LogP contribution in [0.5, 0.6) is 5.75 Å². The SMILES string of the molecule is CCNC(=NCc1ccc(C)cc1OCCOCC)NCCN1C(=O)CNC1=O. The van der Waals surface area contributed by atoms with Crippen molar-refractivity contribution in [3.8, 4) is 5.75 Å². The zero-order valence-corrected chi connectivity index (χ0v) is 17.4. The first-order valence-electron chi connectivity index (χ1n) is 9.95. The van der Waals surface area contributed by atoms with Crippen LogP contribution >= 0.6 is 0 Å². The van der Waals surface area contributed by atoms with Gasteiger partial charge in [-0.25, -0.2) is 9.79 Å². The predicted molar refractivity (Wildman–Crippen MR) is 111 cm³/mol. The van der Waals surface area contributed by atoms with E-state index in [0.29, 0.717) is 45.4 Å². The molecule has 1 aliphatic heterocycles. The molecule has 3 N–H and O–H groups in total. The number of nitrogens with one attached hydrogen (secondary N) is 3. The fourth-order valence-electron chi connectivity index (χ4n) is 2.76. The minimum atomic E-state index is -0.354. The standard InChI is InChI=1S/C20H31N5O4/c1-4-21-19(22-8-9-25-18(26)14-24-20(25)27)23-13-16-7-6-15(3)12-17(16)29-11-10-28-5-2/h6-7,12H,4-5,8-11,13-14H2,1-3H3,(H,24,27)(H2,21,22,23). The van der Waals surface area contributed by atoms with E-state index in [-0.39, 0.29) is 25.0 Å². The first-order valence-corrected chi connectivity index (χ1v) is 9.95. The largest absolute Gasteiger partial charge is 0.491 e. The maximum Gasteiger partial charge on any atom is 0.324 e. The van der Waals surface area contributed by atoms with E-state index in [9.17, 15) is 9.59 Å². The molecule has 0 aliphatic carbocycles. The van der Waals surface area contributed by atoms with E-state index >= 15 is 0 Å². The van der Waals surface area contributed by atoms with Crippen LogP contribution in [-0.4, -0.2) is 68.8 Å². The van der Waals surface area contributed by atoms with Crippen LogP contribution in [0.4, 0.5) is 4.79 Å². The Kier molecular flexibility index (Phi) is 9.23. The second-order valence-electron chi connectivity index (χ2n) is 6.48. The third kappa shape index (κ3) is 7.26. The van der Waals surface area contributed by atoms with E-state index in [1.807, 2.05) is 39.0 Å². The van der Waals surface area contributed by atoms with Gasteiger partial charge in [0.2, 0.25) is 5.91 Å². The third-order valence-corrected chi connectivity index (χ3v) is 4.23. The summed E-state index contributed by atoms with van der Waals surface area (Å²) in [5.74, 6) is 1.19. The highest BCUT2D eigenvalue weighted by molar-refractivity contribution is 6.01. The average Bonchev–Trinajstić information content (AvgIpc) is 3.02. The molecule has 1 aromatic carbocycles. The van der Waals surface area contributed by atoms with E-state index in [1.165, 1.54) is 4.90 Å². The summed E-state index contributed by atoms with van der Waals surface area (Å²) in [6, 6.07) is 5.67. The lowest BCUT2D eigenvalue weighted by atomic mass is 10.1. The number of carbonyl (C=O) groups excluding carboxylic acids is 2. The summed E-state index contributed by atoms with van der Waals surface area (Å²) >= 11 is 0. The van der Waals surface area contributed by atoms with Gasteiger partial charge in [0.25, 0.3) is 0 Å². The van der Waals surface area contributed by atoms with Gasteiger partial charge in [0.05, 0.1) is 19.7 Å². The predicted octanol–water partition coefficient (Wildman–Crippen LogP) is 1.02. The van der Waals surface area contributed by atoms with Crippen LogP contribution in [0.2, 0.25) is 0 Å². The number of nitrogens with zero attached hydrogens (tertiary/aromatic N) is 2. The number of aliphatic imine (C=N–C) groups is 1. The summed E-state index contributed by atoms with van der Waals surface area (Å²) in [6.07, 6.45) is 0. The fourth-order valence-corrected chi connectivity index (χ4v) is 2.76. The summed E-state index contributed by atoms with van der Waals surface area (Å²) in [5, 5.41) is 8.83. The monoisotopic (exact) mass is 405 g/mol. The van der Waals surface area contributed by atoms with Crippen molar-refractivity contribution in [3.05, 3.63) is 29.3 Å². The Labute approximate surface area is 171 Å². The average molecular weight is 405 g/mol. The number of guanidine groups is 1. The van der Waals surface area contributed by atoms with Crippen molar-refractivity contribution in [3.63, 3.8) is 0 Å². The Balaban J connectivity index is 1.94. The second-order valence-corrected chi connectivity index (χ2v) is 6.48. The fraction of sp³-hybridized carbons (Fsp3) is 0.550. The summed E-state index contributed by atoms with van der Waals surface area (Å²) < 4.78 is 11.2. The molecule has 0 unspecified atom stereocenters. The van der Waals surface area contributed by atoms with Gasteiger partial charge in [-0.3, -0.25) is 9.69 Å². The van der Waals surface area contributed by atoms with Gasteiger partial charge in [-0.05, 0) is 32.4 Å². The normalized spacial score (nSPS) is 14.2. The molecule has 1 aliphatic rings. The van der Waals surface area contributed by atoms with Crippen molar-refractivity contribution in [1.29, 1.82) is 0 Å². The van der Waals surface area contributed by atoms with Crippen LogP contribution in [0.15, 0.2) is 23.2 Å². The third-order valence-electron chi connectivity index (χ3n) is 4.23. The summed E-state index contributed by atoms with van der Waals surface area (Å²) in [5.41, 5.74) is 2.08. The molecule has 1 fully saturated rings. The van der Waals surface area contributed by atoms with Gasteiger partial charge in [0.1, 0.15) is 12.4 Å². The molecular weight excluding hydrogens is 374 g/mol. The molecule has 0 radical (unpaired) electrons. The molecule has 1 aromatic rings. The Hall–Kier alpha value is -2.81. The number of ether oxygens (including phenoxy) is 2. The van der Waals surface area contributed by atoms with Gasteiger partial charge >= 0.3 is 6.03 Å². The van der Waals surface area contributed by atoms with Gasteiger partial charge in [-0.1, -0.05) is 12.1 Å². The molecule has 1 saturated heterocycles. The Morgan fingerprint density at radius 2 is 2.07 bits per heavy atom. The quantitative estimate of drug-likeness (QED) is 0.220. The van der Waals surface area contributed by atoms with Crippen molar-refractivity contribution >= 4 is 17.9 Å². The molecule has 0 bridgehead atoms. The smallest absolute Gasteiger partial charge is 0.324 e. The number of hydrogen-bond donors (Lipinski definition) is 3. The van der Waals surface area contributed by atoms with Crippen LogP contribution in [0.3, 0.4) is 0 Å². The van der Waals surface area contributed by atoms with Crippen LogP contribution < -0.4 is 20.7 Å². The van der Waals surface area contributed by atoms with Crippen molar-refractivity contribution in [2.24, 2.45) is 4.99 Å². The minimum absolute atomic E-state index is 0.0620. The van der Waals surface area contributed by atoms with Crippen LogP contribution in [-0.2, 0) is 16.1 Å². The number of rotatable bonds is 11. The van der Waals surface area contributed by atoms with Gasteiger partial charge in [-0.2, -0.15) is 0 Å². The van der Waals surface area contributed by atoms with E-state index in [4.69, 9.17) is 9.47 Å². The number of aryl methyl sites for hydroxylation is 1. The number of amides is 3. The lowest BCUT2D eigenvalue weighted by Gasteiger charge is -2.16. The lowest BCUT2D eigenvalue weighted by Crippen LogP contribution is -2.43. The molecule has 0 saturated carbocycles. The van der Waals surface area contributed by atoms with Crippen molar-refractivity contribution in [2.45, 2.75) is 27.3 Å². The summed E-state index contributed by atoms with van der Waals surface area (Å²) in [4.78, 5) is 29.0. The van der Waals surface area contributed by atoms with Gasteiger partial charge in [0.15, 0.2) is 5.96 Å². The Morgan fingerprint density at radius 3 is 2.76 bits per heavy atom. The van der Waals surface area contributed by atoms with E-state index in [2.05, 4.69) is 20.9 Å². The van der Waals surface area contributed by atoms with Crippen LogP contribution in [0, 0.1) is 6.92 Å². The van der Waals surface area contributed by atoms with E-state index < -0.39 is 0 Å². The highest BCUT2D eigenvalue weighted by Gasteiger charge is 2.27. The molecule has 3 amide bonds. The Morgan fingerprint density at radius 1 is 1.24 bits per heavy atom. The first-order chi connectivity index (χ1) is 14.0. The molecule has 29 heavy (non-hydrogen) atoms. The number of imide groups is 1. The lowest BCUT2D eigenvalue weighted by molar-refractivity contribution is -0.124. The van der Waals surface area contributed by atoms with E-state index in [1.54, 1.807) is 0 Å². The van der Waals surface area contributed by atoms with Crippen LogP contribution in [0.25, 0.3) is 0 Å². The highest BCUT2D eigenvalue weighted by atomic mass is 16.5. The minimum Gasteiger partial charge on any atom is -0.491 e. The van der Waals surface area contributed by atoms with Gasteiger partial charge in [0, 0.05) is 31.8 Å². The molecule has 9 heteroatoms. The summed E-state index contributed by atoms with van der Waals surface area (Å²) in [6.45, 7) is 9.52. The van der Waals surface area contributed by atoms with Crippen LogP contribution in [0.1, 0.15) is 25.0 Å². The van der Waals surface area contributed by atoms with Crippen molar-refractivity contribution in [1.82, 2.24) is 20.9 Å². The number of benzene rings is 1. The summed E-state index contributed by atoms with van der Waals surface area (Å²) in [7, 11) is 0. The number of urea groups is 1. The highest BCUT2D eigenvalue weighted by Crippen LogP contribution is 2.21. The molecule has 9 nitrogen and oxygen atoms in total. The molecule has 1 heterocycles. The number of carbonyl (C=O) groups is 2. The molecule has 0 aromatic heterocycles. The molecule has 0 spiro atoms. The molecular formula is C20H31N5O4. The first kappa shape index (κ1) is 22.5. The molecule has 160 valence electrons. The van der Waals surface area contributed by atoms with Crippen molar-refractivity contribution < 1.29 is 19.1 Å². The molecule has 2 rings (SSSR count). The van der Waals surface area contributed by atoms with Crippen molar-refractivity contribution in [2.75, 3.05) is 46.0 Å². The van der Waals surface area contributed by atoms with Gasteiger partial charge < -0.3 is 25.4 Å². The zero-order valence-electron chi connectivity index (χ0n) is 17.4. The maximum absolute atomic E-state index is 11.6. The van der Waals surface area contributed by atoms with E-state index in [0.717, 1.165) is 16.9 Å². The maximum atomic E-state index is 11.6. The topological polar surface area (TPSA) is 104 Å².